The van der Waals surface area contributed by atoms with Gasteiger partial charge in [-0.3, -0.25) is 9.20 Å². The number of amides is 1. The molecule has 9 nitrogen and oxygen atoms in total. The van der Waals surface area contributed by atoms with E-state index in [0.29, 0.717) is 35.0 Å². The van der Waals surface area contributed by atoms with Crippen molar-refractivity contribution in [3.63, 3.8) is 0 Å². The van der Waals surface area contributed by atoms with Crippen molar-refractivity contribution in [1.82, 2.24) is 19.3 Å². The molecule has 3 heterocycles. The first kappa shape index (κ1) is 26.2. The Labute approximate surface area is 203 Å². The average Bonchev–Trinajstić information content (AvgIpc) is 3.28. The molecule has 35 heavy (non-hydrogen) atoms. The number of halogens is 4. The third-order valence-corrected chi connectivity index (χ3v) is 6.14. The second-order valence-corrected chi connectivity index (χ2v) is 8.50. The molecular formula is C22H23ClF3N5O4. The summed E-state index contributed by atoms with van der Waals surface area (Å²) in [5, 5.41) is 18.0. The summed E-state index contributed by atoms with van der Waals surface area (Å²) in [5.41, 5.74) is 8.45. The molecule has 2 aromatic heterocycles. The predicted octanol–water partition coefficient (Wildman–Crippen LogP) is 3.58. The first-order valence-corrected chi connectivity index (χ1v) is 10.9. The number of aliphatic carboxylic acids is 1. The number of fused-ring (bicyclic) bond motifs is 1. The van der Waals surface area contributed by atoms with E-state index in [4.69, 9.17) is 27.2 Å². The molecule has 1 aromatic carbocycles. The van der Waals surface area contributed by atoms with Crippen LogP contribution in [0.2, 0.25) is 5.02 Å². The van der Waals surface area contributed by atoms with Crippen molar-refractivity contribution in [3.05, 3.63) is 58.6 Å². The van der Waals surface area contributed by atoms with Gasteiger partial charge < -0.3 is 20.8 Å². The molecule has 1 atom stereocenters. The number of aryl methyl sites for hydroxylation is 1. The number of alkyl halides is 3. The van der Waals surface area contributed by atoms with Crippen LogP contribution in [-0.2, 0) is 4.79 Å². The number of imidazole rings is 1. The van der Waals surface area contributed by atoms with Crippen LogP contribution < -0.4 is 5.73 Å². The van der Waals surface area contributed by atoms with Crippen molar-refractivity contribution in [2.45, 2.75) is 32.0 Å². The van der Waals surface area contributed by atoms with Crippen LogP contribution in [0.1, 0.15) is 40.4 Å². The van der Waals surface area contributed by atoms with Gasteiger partial charge >= 0.3 is 12.1 Å². The summed E-state index contributed by atoms with van der Waals surface area (Å²) in [4.78, 5) is 31.8. The van der Waals surface area contributed by atoms with Crippen molar-refractivity contribution in [2.75, 3.05) is 13.1 Å². The van der Waals surface area contributed by atoms with Crippen LogP contribution in [0.5, 0.6) is 5.75 Å². The largest absolute Gasteiger partial charge is 0.508 e. The molecule has 1 unspecified atom stereocenters. The number of hydrogen-bond donors (Lipinski definition) is 3. The Balaban J connectivity index is 0.000000429. The lowest BCUT2D eigenvalue weighted by Crippen LogP contribution is -2.41. The monoisotopic (exact) mass is 513 g/mol. The second-order valence-electron chi connectivity index (χ2n) is 8.10. The van der Waals surface area contributed by atoms with Crippen molar-refractivity contribution in [1.29, 1.82) is 0 Å². The number of aromatic hydroxyl groups is 1. The van der Waals surface area contributed by atoms with Gasteiger partial charge in [-0.15, -0.1) is 0 Å². The quantitative estimate of drug-likeness (QED) is 0.487. The highest BCUT2D eigenvalue weighted by atomic mass is 35.5. The van der Waals surface area contributed by atoms with E-state index >= 15 is 0 Å². The van der Waals surface area contributed by atoms with Gasteiger partial charge in [-0.1, -0.05) is 11.6 Å². The molecule has 1 aliphatic heterocycles. The smallest absolute Gasteiger partial charge is 0.490 e. The highest BCUT2D eigenvalue weighted by molar-refractivity contribution is 6.31. The molecule has 4 N–H and O–H groups in total. The number of aromatic nitrogens is 3. The highest BCUT2D eigenvalue weighted by Crippen LogP contribution is 2.36. The normalized spacial score (nSPS) is 15.4. The van der Waals surface area contributed by atoms with Crippen LogP contribution in [-0.4, -0.2) is 60.6 Å². The van der Waals surface area contributed by atoms with E-state index in [9.17, 15) is 23.1 Å². The molecule has 0 radical (unpaired) electrons. The van der Waals surface area contributed by atoms with Gasteiger partial charge in [-0.2, -0.15) is 13.2 Å². The molecule has 1 aliphatic rings. The minimum absolute atomic E-state index is 0.0450. The summed E-state index contributed by atoms with van der Waals surface area (Å²) in [7, 11) is 0. The lowest BCUT2D eigenvalue weighted by molar-refractivity contribution is -0.192. The van der Waals surface area contributed by atoms with Crippen molar-refractivity contribution in [2.24, 2.45) is 11.7 Å². The van der Waals surface area contributed by atoms with Gasteiger partial charge in [0.15, 0.2) is 0 Å². The van der Waals surface area contributed by atoms with E-state index in [-0.39, 0.29) is 23.6 Å². The maximum Gasteiger partial charge on any atom is 0.490 e. The standard InChI is InChI=1S/C20H22ClN5O2.C2HF3O2/c1-12-8-17(27)15(9-16(12)21)18(22)13-2-5-25(6-3-13)19(28)14-10-24-20-23-4-7-26(20)11-14;3-2(4,5)1(6)7/h4,7-11,13,18,27H,2-3,5-6,22H2,1H3;(H,6,7). The van der Waals surface area contributed by atoms with E-state index < -0.39 is 12.1 Å². The lowest BCUT2D eigenvalue weighted by atomic mass is 9.85. The maximum absolute atomic E-state index is 12.8. The first-order valence-electron chi connectivity index (χ1n) is 10.5. The number of carbonyl (C=O) groups is 2. The number of nitrogens with two attached hydrogens (primary N) is 1. The molecule has 188 valence electrons. The zero-order chi connectivity index (χ0) is 25.9. The Bertz CT molecular complexity index is 1230. The number of hydrogen-bond acceptors (Lipinski definition) is 6. The van der Waals surface area contributed by atoms with Crippen LogP contribution in [0.4, 0.5) is 13.2 Å². The van der Waals surface area contributed by atoms with E-state index in [0.717, 1.165) is 18.4 Å². The van der Waals surface area contributed by atoms with E-state index in [2.05, 4.69) is 9.97 Å². The number of likely N-dealkylation sites (tertiary alicyclic amines) is 1. The number of phenols is 1. The highest BCUT2D eigenvalue weighted by Gasteiger charge is 2.38. The molecule has 3 aromatic rings. The molecular weight excluding hydrogens is 491 g/mol. The van der Waals surface area contributed by atoms with E-state index in [1.54, 1.807) is 41.3 Å². The number of piperidine rings is 1. The molecule has 0 saturated carbocycles. The zero-order valence-electron chi connectivity index (χ0n) is 18.5. The van der Waals surface area contributed by atoms with Crippen LogP contribution >= 0.6 is 11.6 Å². The molecule has 0 spiro atoms. The number of carbonyl (C=O) groups excluding carboxylic acids is 1. The number of carboxylic acid groups (broad SMARTS) is 1. The fourth-order valence-corrected chi connectivity index (χ4v) is 3.95. The van der Waals surface area contributed by atoms with Gasteiger partial charge in [0.05, 0.1) is 5.56 Å². The Morgan fingerprint density at radius 2 is 1.86 bits per heavy atom. The summed E-state index contributed by atoms with van der Waals surface area (Å²) in [5.74, 6) is -1.89. The second kappa shape index (κ2) is 10.5. The molecule has 13 heteroatoms. The Kier molecular flexibility index (Phi) is 7.86. The number of phenolic OH excluding ortho intramolecular Hbond substituents is 1. The number of rotatable bonds is 3. The summed E-state index contributed by atoms with van der Waals surface area (Å²) >= 11 is 6.20. The molecule has 0 aliphatic carbocycles. The summed E-state index contributed by atoms with van der Waals surface area (Å²) < 4.78 is 33.5. The topological polar surface area (TPSA) is 134 Å². The van der Waals surface area contributed by atoms with Gasteiger partial charge in [0.2, 0.25) is 5.78 Å². The lowest BCUT2D eigenvalue weighted by Gasteiger charge is -2.35. The fraction of sp³-hybridized carbons (Fsp3) is 0.364. The fourth-order valence-electron chi connectivity index (χ4n) is 3.77. The molecule has 1 saturated heterocycles. The SMILES string of the molecule is Cc1cc(O)c(C(N)C2CCN(C(=O)c3cnc4nccn4c3)CC2)cc1Cl.O=C(O)C(F)(F)F. The predicted molar refractivity (Wildman–Crippen MR) is 120 cm³/mol. The third-order valence-electron chi connectivity index (χ3n) is 5.74. The Hall–Kier alpha value is -3.38. The molecule has 1 amide bonds. The number of benzene rings is 1. The van der Waals surface area contributed by atoms with Gasteiger partial charge in [-0.05, 0) is 43.4 Å². The van der Waals surface area contributed by atoms with E-state index in [1.165, 1.54) is 0 Å². The molecule has 0 bridgehead atoms. The maximum atomic E-state index is 12.8. The number of nitrogens with zero attached hydrogens (tertiary/aromatic N) is 4. The Morgan fingerprint density at radius 1 is 1.23 bits per heavy atom. The first-order chi connectivity index (χ1) is 16.4. The van der Waals surface area contributed by atoms with Crippen LogP contribution in [0.25, 0.3) is 5.78 Å². The van der Waals surface area contributed by atoms with Gasteiger partial charge in [0.1, 0.15) is 5.75 Å². The van der Waals surface area contributed by atoms with Gasteiger partial charge in [0, 0.05) is 54.5 Å². The summed E-state index contributed by atoms with van der Waals surface area (Å²) in [6.07, 6.45) is 3.17. The molecule has 4 rings (SSSR count). The number of carboxylic acids is 1. The minimum Gasteiger partial charge on any atom is -0.508 e. The van der Waals surface area contributed by atoms with Crippen molar-refractivity contribution < 1.29 is 33.0 Å². The average molecular weight is 514 g/mol. The van der Waals surface area contributed by atoms with E-state index in [1.807, 2.05) is 11.8 Å². The summed E-state index contributed by atoms with van der Waals surface area (Å²) in [6, 6.07) is 3.08. The zero-order valence-corrected chi connectivity index (χ0v) is 19.3. The third kappa shape index (κ3) is 6.20. The Morgan fingerprint density at radius 3 is 2.46 bits per heavy atom. The van der Waals surface area contributed by atoms with Crippen LogP contribution in [0.15, 0.2) is 36.9 Å². The summed E-state index contributed by atoms with van der Waals surface area (Å²) in [6.45, 7) is 3.07. The van der Waals surface area contributed by atoms with Crippen LogP contribution in [0, 0.1) is 12.8 Å². The van der Waals surface area contributed by atoms with Gasteiger partial charge in [-0.25, -0.2) is 14.8 Å². The van der Waals surface area contributed by atoms with Crippen molar-refractivity contribution >= 4 is 29.3 Å². The molecule has 1 fully saturated rings. The van der Waals surface area contributed by atoms with Crippen molar-refractivity contribution in [3.8, 4) is 5.75 Å². The van der Waals surface area contributed by atoms with Crippen LogP contribution in [0.3, 0.4) is 0 Å². The minimum atomic E-state index is -5.08. The van der Waals surface area contributed by atoms with Gasteiger partial charge in [0.25, 0.3) is 5.91 Å².